The number of amides is 1. The van der Waals surface area contributed by atoms with Gasteiger partial charge >= 0.3 is 6.09 Å². The molecule has 1 heterocycles. The number of carbonyl (C=O) groups is 1. The van der Waals surface area contributed by atoms with E-state index in [0.717, 1.165) is 18.7 Å². The van der Waals surface area contributed by atoms with Crippen molar-refractivity contribution in [2.75, 3.05) is 13.1 Å². The van der Waals surface area contributed by atoms with Gasteiger partial charge in [0.15, 0.2) is 0 Å². The van der Waals surface area contributed by atoms with Gasteiger partial charge in [-0.05, 0) is 5.56 Å². The van der Waals surface area contributed by atoms with Gasteiger partial charge in [0, 0.05) is 19.0 Å². The molecule has 1 saturated heterocycles. The minimum atomic E-state index is -0.962. The molecule has 0 aromatic heterocycles. The highest BCUT2D eigenvalue weighted by atomic mass is 16.4. The van der Waals surface area contributed by atoms with E-state index in [0.29, 0.717) is 5.92 Å². The van der Waals surface area contributed by atoms with Gasteiger partial charge in [0.05, 0.1) is 6.04 Å². The van der Waals surface area contributed by atoms with Crippen LogP contribution in [0.4, 0.5) is 4.79 Å². The number of benzene rings is 1. The van der Waals surface area contributed by atoms with E-state index in [-0.39, 0.29) is 6.04 Å². The molecule has 80 valence electrons. The molecule has 1 aliphatic heterocycles. The summed E-state index contributed by atoms with van der Waals surface area (Å²) < 4.78 is 0. The minimum absolute atomic E-state index is 0.0926. The molecule has 1 atom stereocenters. The van der Waals surface area contributed by atoms with Crippen LogP contribution in [0.3, 0.4) is 0 Å². The van der Waals surface area contributed by atoms with Crippen molar-refractivity contribution in [3.05, 3.63) is 35.9 Å². The van der Waals surface area contributed by atoms with Gasteiger partial charge in [-0.2, -0.15) is 0 Å². The van der Waals surface area contributed by atoms with Gasteiger partial charge in [-0.25, -0.2) is 4.79 Å². The molecule has 0 aliphatic carbocycles. The quantitative estimate of drug-likeness (QED) is 0.696. The SMILES string of the molecule is O=C(O)NC(c1ccccc1)C1CNC1. The summed E-state index contributed by atoms with van der Waals surface area (Å²) >= 11 is 0. The predicted molar refractivity (Wildman–Crippen MR) is 56.7 cm³/mol. The Morgan fingerprint density at radius 2 is 2.07 bits per heavy atom. The second kappa shape index (κ2) is 4.31. The molecule has 4 nitrogen and oxygen atoms in total. The Hall–Kier alpha value is -1.55. The topological polar surface area (TPSA) is 61.4 Å². The summed E-state index contributed by atoms with van der Waals surface area (Å²) in [4.78, 5) is 10.7. The van der Waals surface area contributed by atoms with Gasteiger partial charge in [0.25, 0.3) is 0 Å². The van der Waals surface area contributed by atoms with Crippen LogP contribution in [-0.4, -0.2) is 24.3 Å². The lowest BCUT2D eigenvalue weighted by molar-refractivity contribution is 0.176. The van der Waals surface area contributed by atoms with Crippen LogP contribution in [0, 0.1) is 5.92 Å². The van der Waals surface area contributed by atoms with Crippen molar-refractivity contribution in [3.8, 4) is 0 Å². The average Bonchev–Trinajstić information content (AvgIpc) is 2.15. The first kappa shape index (κ1) is 9.98. The van der Waals surface area contributed by atoms with Crippen LogP contribution in [-0.2, 0) is 0 Å². The van der Waals surface area contributed by atoms with E-state index in [1.54, 1.807) is 0 Å². The molecule has 0 saturated carbocycles. The summed E-state index contributed by atoms with van der Waals surface area (Å²) in [7, 11) is 0. The molecular weight excluding hydrogens is 192 g/mol. The van der Waals surface area contributed by atoms with Crippen LogP contribution in [0.5, 0.6) is 0 Å². The summed E-state index contributed by atoms with van der Waals surface area (Å²) in [5, 5.41) is 14.5. The van der Waals surface area contributed by atoms with Crippen molar-refractivity contribution >= 4 is 6.09 Å². The van der Waals surface area contributed by atoms with Crippen LogP contribution in [0.2, 0.25) is 0 Å². The van der Waals surface area contributed by atoms with Crippen molar-refractivity contribution in [1.82, 2.24) is 10.6 Å². The molecule has 3 N–H and O–H groups in total. The molecule has 0 radical (unpaired) electrons. The zero-order valence-corrected chi connectivity index (χ0v) is 8.31. The Bertz CT molecular complexity index is 336. The first-order valence-electron chi connectivity index (χ1n) is 5.02. The van der Waals surface area contributed by atoms with E-state index in [2.05, 4.69) is 10.6 Å². The van der Waals surface area contributed by atoms with Gasteiger partial charge in [0.2, 0.25) is 0 Å². The lowest BCUT2D eigenvalue weighted by Crippen LogP contribution is -2.49. The number of carboxylic acid groups (broad SMARTS) is 1. The normalized spacial score (nSPS) is 17.9. The largest absolute Gasteiger partial charge is 0.465 e. The molecule has 0 spiro atoms. The third-order valence-electron chi connectivity index (χ3n) is 2.72. The van der Waals surface area contributed by atoms with Gasteiger partial charge in [0.1, 0.15) is 0 Å². The molecule has 1 amide bonds. The number of nitrogens with one attached hydrogen (secondary N) is 2. The lowest BCUT2D eigenvalue weighted by Gasteiger charge is -2.34. The number of hydrogen-bond acceptors (Lipinski definition) is 2. The Kier molecular flexibility index (Phi) is 2.87. The Labute approximate surface area is 88.3 Å². The summed E-state index contributed by atoms with van der Waals surface area (Å²) in [6.45, 7) is 1.75. The van der Waals surface area contributed by atoms with Crippen molar-refractivity contribution < 1.29 is 9.90 Å². The Morgan fingerprint density at radius 1 is 1.40 bits per heavy atom. The maximum absolute atomic E-state index is 10.7. The lowest BCUT2D eigenvalue weighted by atomic mass is 9.89. The number of hydrogen-bond donors (Lipinski definition) is 3. The molecule has 1 aromatic carbocycles. The van der Waals surface area contributed by atoms with E-state index in [4.69, 9.17) is 5.11 Å². The van der Waals surface area contributed by atoms with E-state index >= 15 is 0 Å². The molecule has 1 unspecified atom stereocenters. The van der Waals surface area contributed by atoms with E-state index in [9.17, 15) is 4.79 Å². The first-order chi connectivity index (χ1) is 7.27. The monoisotopic (exact) mass is 206 g/mol. The van der Waals surface area contributed by atoms with Crippen molar-refractivity contribution in [2.24, 2.45) is 5.92 Å². The van der Waals surface area contributed by atoms with Crippen molar-refractivity contribution in [3.63, 3.8) is 0 Å². The van der Waals surface area contributed by atoms with Crippen LogP contribution < -0.4 is 10.6 Å². The molecule has 2 rings (SSSR count). The summed E-state index contributed by atoms with van der Waals surface area (Å²) in [5.41, 5.74) is 1.03. The molecular formula is C11H14N2O2. The molecule has 0 bridgehead atoms. The number of rotatable bonds is 3. The summed E-state index contributed by atoms with van der Waals surface area (Å²) in [6, 6.07) is 9.61. The second-order valence-electron chi connectivity index (χ2n) is 3.76. The molecule has 1 aliphatic rings. The minimum Gasteiger partial charge on any atom is -0.465 e. The van der Waals surface area contributed by atoms with Crippen LogP contribution in [0.15, 0.2) is 30.3 Å². The van der Waals surface area contributed by atoms with Gasteiger partial charge in [-0.3, -0.25) is 0 Å². The Balaban J connectivity index is 2.14. The summed E-state index contributed by atoms with van der Waals surface area (Å²) in [6.07, 6.45) is -0.962. The molecule has 1 aromatic rings. The Morgan fingerprint density at radius 3 is 2.53 bits per heavy atom. The van der Waals surface area contributed by atoms with E-state index in [1.807, 2.05) is 30.3 Å². The second-order valence-corrected chi connectivity index (χ2v) is 3.76. The van der Waals surface area contributed by atoms with E-state index in [1.165, 1.54) is 0 Å². The third kappa shape index (κ3) is 2.27. The summed E-state index contributed by atoms with van der Waals surface area (Å²) in [5.74, 6) is 0.364. The van der Waals surface area contributed by atoms with Crippen LogP contribution in [0.1, 0.15) is 11.6 Å². The van der Waals surface area contributed by atoms with E-state index < -0.39 is 6.09 Å². The van der Waals surface area contributed by atoms with Gasteiger partial charge in [-0.1, -0.05) is 30.3 Å². The standard InChI is InChI=1S/C11H14N2O2/c14-11(15)13-10(9-6-12-7-9)8-4-2-1-3-5-8/h1-5,9-10,12-13H,6-7H2,(H,14,15). The fourth-order valence-electron chi connectivity index (χ4n) is 1.81. The van der Waals surface area contributed by atoms with Gasteiger partial charge < -0.3 is 15.7 Å². The highest BCUT2D eigenvalue weighted by molar-refractivity contribution is 5.65. The van der Waals surface area contributed by atoms with Crippen molar-refractivity contribution in [2.45, 2.75) is 6.04 Å². The smallest absolute Gasteiger partial charge is 0.405 e. The molecule has 15 heavy (non-hydrogen) atoms. The van der Waals surface area contributed by atoms with Crippen LogP contribution >= 0.6 is 0 Å². The fourth-order valence-corrected chi connectivity index (χ4v) is 1.81. The maximum Gasteiger partial charge on any atom is 0.405 e. The van der Waals surface area contributed by atoms with Crippen molar-refractivity contribution in [1.29, 1.82) is 0 Å². The zero-order valence-electron chi connectivity index (χ0n) is 8.31. The molecule has 1 fully saturated rings. The predicted octanol–water partition coefficient (Wildman–Crippen LogP) is 1.21. The highest BCUT2D eigenvalue weighted by Crippen LogP contribution is 2.24. The fraction of sp³-hybridized carbons (Fsp3) is 0.364. The zero-order chi connectivity index (χ0) is 10.7. The highest BCUT2D eigenvalue weighted by Gasteiger charge is 2.29. The van der Waals surface area contributed by atoms with Crippen LogP contribution in [0.25, 0.3) is 0 Å². The maximum atomic E-state index is 10.7. The molecule has 4 heteroatoms. The average molecular weight is 206 g/mol. The van der Waals surface area contributed by atoms with Gasteiger partial charge in [-0.15, -0.1) is 0 Å². The first-order valence-corrected chi connectivity index (χ1v) is 5.02. The third-order valence-corrected chi connectivity index (χ3v) is 2.72.